The molecule has 0 atom stereocenters. The van der Waals surface area contributed by atoms with Crippen LogP contribution in [0.1, 0.15) is 11.3 Å². The molecule has 2 heterocycles. The molecule has 0 bridgehead atoms. The zero-order valence-corrected chi connectivity index (χ0v) is 17.8. The summed E-state index contributed by atoms with van der Waals surface area (Å²) in [6.45, 7) is 1.89. The fourth-order valence-corrected chi connectivity index (χ4v) is 3.14. The number of aromatic amines is 1. The van der Waals surface area contributed by atoms with Gasteiger partial charge in [-0.25, -0.2) is 14.8 Å². The quantitative estimate of drug-likeness (QED) is 0.400. The Morgan fingerprint density at radius 3 is 2.79 bits per heavy atom. The first kappa shape index (κ1) is 21.7. The second kappa shape index (κ2) is 9.73. The first-order chi connectivity index (χ1) is 16.0. The van der Waals surface area contributed by atoms with Crippen LogP contribution in [0.3, 0.4) is 0 Å². The predicted molar refractivity (Wildman–Crippen MR) is 122 cm³/mol. The second-order valence-corrected chi connectivity index (χ2v) is 7.28. The van der Waals surface area contributed by atoms with E-state index in [-0.39, 0.29) is 24.8 Å². The third-order valence-corrected chi connectivity index (χ3v) is 4.86. The van der Waals surface area contributed by atoms with Crippen molar-refractivity contribution in [2.45, 2.75) is 13.5 Å². The minimum atomic E-state index is -0.497. The molecule has 0 aliphatic heterocycles. The Labute approximate surface area is 189 Å². The van der Waals surface area contributed by atoms with Gasteiger partial charge in [0.2, 0.25) is 0 Å². The first-order valence-corrected chi connectivity index (χ1v) is 10.1. The van der Waals surface area contributed by atoms with Crippen molar-refractivity contribution in [3.8, 4) is 34.0 Å². The number of amides is 1. The average molecular weight is 443 g/mol. The van der Waals surface area contributed by atoms with Gasteiger partial charge in [0.05, 0.1) is 23.6 Å². The summed E-state index contributed by atoms with van der Waals surface area (Å²) in [6, 6.07) is 15.5. The molecule has 33 heavy (non-hydrogen) atoms. The molecule has 9 heteroatoms. The lowest BCUT2D eigenvalue weighted by atomic mass is 10.1. The normalized spacial score (nSPS) is 10.6. The minimum Gasteiger partial charge on any atom is -0.508 e. The molecule has 166 valence electrons. The molecule has 0 aliphatic rings. The van der Waals surface area contributed by atoms with Gasteiger partial charge in [-0.3, -0.25) is 4.79 Å². The topological polar surface area (TPSA) is 130 Å². The summed E-state index contributed by atoms with van der Waals surface area (Å²) in [6.07, 6.45) is 3.02. The van der Waals surface area contributed by atoms with Crippen molar-refractivity contribution in [2.24, 2.45) is 0 Å². The van der Waals surface area contributed by atoms with Crippen LogP contribution in [0.5, 0.6) is 11.5 Å². The largest absolute Gasteiger partial charge is 0.508 e. The number of aromatic nitrogens is 4. The van der Waals surface area contributed by atoms with Crippen molar-refractivity contribution in [2.75, 3.05) is 6.61 Å². The highest BCUT2D eigenvalue weighted by atomic mass is 16.5. The van der Waals surface area contributed by atoms with Gasteiger partial charge in [-0.15, -0.1) is 0 Å². The molecule has 0 unspecified atom stereocenters. The first-order valence-electron chi connectivity index (χ1n) is 10.1. The number of nitrogens with zero attached hydrogens (tertiary/aromatic N) is 3. The lowest BCUT2D eigenvalue weighted by Crippen LogP contribution is -2.28. The van der Waals surface area contributed by atoms with E-state index in [0.717, 1.165) is 5.56 Å². The second-order valence-electron chi connectivity index (χ2n) is 7.28. The summed E-state index contributed by atoms with van der Waals surface area (Å²) in [4.78, 5) is 38.9. The van der Waals surface area contributed by atoms with Gasteiger partial charge < -0.3 is 20.1 Å². The molecule has 4 aromatic rings. The number of phenolic OH excluding ortho intramolecular Hbond substituents is 1. The minimum absolute atomic E-state index is 0.171. The fourth-order valence-electron chi connectivity index (χ4n) is 3.14. The number of aromatic hydroxyl groups is 1. The number of hydrogen-bond acceptors (Lipinski definition) is 7. The van der Waals surface area contributed by atoms with Crippen LogP contribution >= 0.6 is 0 Å². The number of ether oxygens (including phenoxy) is 1. The van der Waals surface area contributed by atoms with E-state index in [1.54, 1.807) is 67.7 Å². The standard InChI is InChI=1S/C24H21N5O4/c1-15-9-17(5-6-22(15)30)21-11-20(28-24(32)29-21)16-3-2-4-19(10-16)33-13-23(31)26-12-18-7-8-25-14-27-18/h2-11,14,30H,12-13H2,1H3,(H,26,31)(H,28,29,32). The van der Waals surface area contributed by atoms with E-state index in [2.05, 4.69) is 25.3 Å². The molecule has 0 spiro atoms. The van der Waals surface area contributed by atoms with Crippen molar-refractivity contribution in [3.05, 3.63) is 88.9 Å². The molecule has 0 saturated heterocycles. The predicted octanol–water partition coefficient (Wildman–Crippen LogP) is 2.60. The van der Waals surface area contributed by atoms with Crippen LogP contribution in [0.2, 0.25) is 0 Å². The highest BCUT2D eigenvalue weighted by Crippen LogP contribution is 2.27. The number of benzene rings is 2. The molecule has 0 fully saturated rings. The highest BCUT2D eigenvalue weighted by molar-refractivity contribution is 5.77. The van der Waals surface area contributed by atoms with E-state index in [9.17, 15) is 14.7 Å². The van der Waals surface area contributed by atoms with E-state index < -0.39 is 5.69 Å². The lowest BCUT2D eigenvalue weighted by molar-refractivity contribution is -0.123. The molecule has 0 radical (unpaired) electrons. The number of aryl methyl sites for hydroxylation is 1. The maximum absolute atomic E-state index is 12.2. The van der Waals surface area contributed by atoms with E-state index >= 15 is 0 Å². The number of H-pyrrole nitrogens is 1. The summed E-state index contributed by atoms with van der Waals surface area (Å²) in [5.74, 6) is 0.355. The molecule has 3 N–H and O–H groups in total. The zero-order valence-electron chi connectivity index (χ0n) is 17.8. The Balaban J connectivity index is 1.47. The van der Waals surface area contributed by atoms with Crippen LogP contribution in [0.4, 0.5) is 0 Å². The number of nitrogens with one attached hydrogen (secondary N) is 2. The lowest BCUT2D eigenvalue weighted by Gasteiger charge is -2.10. The van der Waals surface area contributed by atoms with E-state index in [0.29, 0.717) is 34.0 Å². The molecular weight excluding hydrogens is 422 g/mol. The highest BCUT2D eigenvalue weighted by Gasteiger charge is 2.09. The van der Waals surface area contributed by atoms with Gasteiger partial charge in [0.15, 0.2) is 6.61 Å². The van der Waals surface area contributed by atoms with Crippen LogP contribution in [-0.2, 0) is 11.3 Å². The maximum Gasteiger partial charge on any atom is 0.345 e. The Morgan fingerprint density at radius 2 is 2.00 bits per heavy atom. The third kappa shape index (κ3) is 5.59. The summed E-state index contributed by atoms with van der Waals surface area (Å²) in [7, 11) is 0. The van der Waals surface area contributed by atoms with Gasteiger partial charge in [0.25, 0.3) is 5.91 Å². The van der Waals surface area contributed by atoms with Gasteiger partial charge in [-0.1, -0.05) is 12.1 Å². The molecule has 2 aromatic heterocycles. The Hall–Kier alpha value is -4.53. The van der Waals surface area contributed by atoms with Crippen LogP contribution in [0.15, 0.2) is 71.9 Å². The Kier molecular flexibility index (Phi) is 6.40. The maximum atomic E-state index is 12.2. The van der Waals surface area contributed by atoms with Crippen molar-refractivity contribution < 1.29 is 14.6 Å². The van der Waals surface area contributed by atoms with Crippen LogP contribution in [0, 0.1) is 6.92 Å². The summed E-state index contributed by atoms with van der Waals surface area (Å²) >= 11 is 0. The Bertz CT molecular complexity index is 1340. The van der Waals surface area contributed by atoms with Gasteiger partial charge in [-0.2, -0.15) is 4.98 Å². The fraction of sp³-hybridized carbons (Fsp3) is 0.125. The number of phenols is 1. The smallest absolute Gasteiger partial charge is 0.345 e. The number of hydrogen-bond donors (Lipinski definition) is 3. The van der Waals surface area contributed by atoms with Crippen LogP contribution < -0.4 is 15.7 Å². The van der Waals surface area contributed by atoms with E-state index in [4.69, 9.17) is 4.74 Å². The average Bonchev–Trinajstić information content (AvgIpc) is 2.83. The van der Waals surface area contributed by atoms with E-state index in [1.807, 2.05) is 0 Å². The van der Waals surface area contributed by atoms with Crippen molar-refractivity contribution >= 4 is 5.91 Å². The van der Waals surface area contributed by atoms with E-state index in [1.165, 1.54) is 6.33 Å². The van der Waals surface area contributed by atoms with Crippen LogP contribution in [-0.4, -0.2) is 37.6 Å². The molecule has 1 amide bonds. The zero-order chi connectivity index (χ0) is 23.2. The SMILES string of the molecule is Cc1cc(-c2cc(-c3cccc(OCC(=O)NCc4ccncn4)c3)nc(=O)[nH]2)ccc1O. The van der Waals surface area contributed by atoms with Gasteiger partial charge >= 0.3 is 5.69 Å². The van der Waals surface area contributed by atoms with Gasteiger partial charge in [0, 0.05) is 11.8 Å². The third-order valence-electron chi connectivity index (χ3n) is 4.86. The monoisotopic (exact) mass is 443 g/mol. The Morgan fingerprint density at radius 1 is 1.12 bits per heavy atom. The van der Waals surface area contributed by atoms with Crippen LogP contribution in [0.25, 0.3) is 22.5 Å². The number of carbonyl (C=O) groups is 1. The molecular formula is C24H21N5O4. The molecule has 4 rings (SSSR count). The van der Waals surface area contributed by atoms with Crippen molar-refractivity contribution in [1.29, 1.82) is 0 Å². The number of rotatable bonds is 7. The summed E-state index contributed by atoms with van der Waals surface area (Å²) < 4.78 is 5.61. The molecule has 0 saturated carbocycles. The van der Waals surface area contributed by atoms with Crippen molar-refractivity contribution in [3.63, 3.8) is 0 Å². The van der Waals surface area contributed by atoms with Gasteiger partial charge in [0.1, 0.15) is 17.8 Å². The molecule has 0 aliphatic carbocycles. The molecule has 2 aromatic carbocycles. The molecule has 9 nitrogen and oxygen atoms in total. The number of carbonyl (C=O) groups excluding carboxylic acids is 1. The van der Waals surface area contributed by atoms with Crippen molar-refractivity contribution in [1.82, 2.24) is 25.3 Å². The summed E-state index contributed by atoms with van der Waals surface area (Å²) in [5.41, 5.74) is 3.33. The van der Waals surface area contributed by atoms with Gasteiger partial charge in [-0.05, 0) is 60.5 Å². The summed E-state index contributed by atoms with van der Waals surface area (Å²) in [5, 5.41) is 12.5.